The Balaban J connectivity index is 1.95. The molecule has 0 atom stereocenters. The van der Waals surface area contributed by atoms with Gasteiger partial charge >= 0.3 is 0 Å². The van der Waals surface area contributed by atoms with Crippen molar-refractivity contribution in [3.63, 3.8) is 0 Å². The van der Waals surface area contributed by atoms with E-state index in [1.807, 2.05) is 6.07 Å². The second kappa shape index (κ2) is 6.11. The number of halogens is 2. The molecule has 0 bridgehead atoms. The van der Waals surface area contributed by atoms with Crippen LogP contribution in [0.4, 0.5) is 4.39 Å². The van der Waals surface area contributed by atoms with Gasteiger partial charge < -0.3 is 4.74 Å². The minimum atomic E-state index is -0.0979. The summed E-state index contributed by atoms with van der Waals surface area (Å²) in [6, 6.07) is 5.29. The minimum absolute atomic E-state index is 0.0979. The first-order chi connectivity index (χ1) is 8.19. The normalized spacial score (nSPS) is 18.5. The van der Waals surface area contributed by atoms with E-state index in [-0.39, 0.29) is 5.82 Å². The Bertz CT molecular complexity index is 378. The maximum Gasteiger partial charge on any atom is 0.127 e. The standard InChI is InChI=1S/C13H17FINO/c1-17-12-4-6-16(7-5-12)9-10-8-11(15)2-3-13(10)14/h2-3,8,12H,4-7,9H2,1H3. The molecule has 0 radical (unpaired) electrons. The van der Waals surface area contributed by atoms with Crippen molar-refractivity contribution in [1.82, 2.24) is 4.90 Å². The molecule has 1 aliphatic heterocycles. The van der Waals surface area contributed by atoms with Crippen LogP contribution in [0.25, 0.3) is 0 Å². The van der Waals surface area contributed by atoms with E-state index in [0.717, 1.165) is 35.1 Å². The van der Waals surface area contributed by atoms with Gasteiger partial charge in [0.2, 0.25) is 0 Å². The number of hydrogen-bond acceptors (Lipinski definition) is 2. The highest BCUT2D eigenvalue weighted by molar-refractivity contribution is 14.1. The van der Waals surface area contributed by atoms with Crippen molar-refractivity contribution in [3.05, 3.63) is 33.1 Å². The molecular formula is C13H17FINO. The fourth-order valence-corrected chi connectivity index (χ4v) is 2.76. The second-order valence-electron chi connectivity index (χ2n) is 4.45. The smallest absolute Gasteiger partial charge is 0.127 e. The van der Waals surface area contributed by atoms with E-state index in [9.17, 15) is 4.39 Å². The predicted molar refractivity (Wildman–Crippen MR) is 74.4 cm³/mol. The van der Waals surface area contributed by atoms with Gasteiger partial charge in [-0.3, -0.25) is 4.90 Å². The average Bonchev–Trinajstić information content (AvgIpc) is 2.35. The van der Waals surface area contributed by atoms with Crippen molar-refractivity contribution in [2.24, 2.45) is 0 Å². The predicted octanol–water partition coefficient (Wildman–Crippen LogP) is 3.04. The monoisotopic (exact) mass is 349 g/mol. The first-order valence-electron chi connectivity index (χ1n) is 5.88. The summed E-state index contributed by atoms with van der Waals surface area (Å²) in [5.41, 5.74) is 0.799. The third kappa shape index (κ3) is 3.63. The van der Waals surface area contributed by atoms with Crippen molar-refractivity contribution in [1.29, 1.82) is 0 Å². The summed E-state index contributed by atoms with van der Waals surface area (Å²) in [5, 5.41) is 0. The van der Waals surface area contributed by atoms with Gasteiger partial charge in [-0.1, -0.05) is 0 Å². The third-order valence-electron chi connectivity index (χ3n) is 3.27. The van der Waals surface area contributed by atoms with Crippen LogP contribution < -0.4 is 0 Å². The molecule has 94 valence electrons. The molecule has 0 spiro atoms. The number of methoxy groups -OCH3 is 1. The fourth-order valence-electron chi connectivity index (χ4n) is 2.21. The Hall–Kier alpha value is -0.200. The molecule has 17 heavy (non-hydrogen) atoms. The van der Waals surface area contributed by atoms with E-state index >= 15 is 0 Å². The van der Waals surface area contributed by atoms with Crippen LogP contribution in [-0.4, -0.2) is 31.2 Å². The lowest BCUT2D eigenvalue weighted by Crippen LogP contribution is -2.36. The highest BCUT2D eigenvalue weighted by atomic mass is 127. The Labute approximate surface area is 115 Å². The van der Waals surface area contributed by atoms with Gasteiger partial charge in [0.1, 0.15) is 5.82 Å². The lowest BCUT2D eigenvalue weighted by Gasteiger charge is -2.31. The molecule has 1 aromatic rings. The van der Waals surface area contributed by atoms with Gasteiger partial charge in [-0.25, -0.2) is 4.39 Å². The van der Waals surface area contributed by atoms with Gasteiger partial charge in [0.25, 0.3) is 0 Å². The number of rotatable bonds is 3. The Morgan fingerprint density at radius 3 is 2.76 bits per heavy atom. The topological polar surface area (TPSA) is 12.5 Å². The number of nitrogens with zero attached hydrogens (tertiary/aromatic N) is 1. The lowest BCUT2D eigenvalue weighted by molar-refractivity contribution is 0.0386. The van der Waals surface area contributed by atoms with Crippen molar-refractivity contribution in [2.75, 3.05) is 20.2 Å². The maximum absolute atomic E-state index is 13.6. The van der Waals surface area contributed by atoms with Gasteiger partial charge in [0.05, 0.1) is 6.10 Å². The minimum Gasteiger partial charge on any atom is -0.381 e. The first-order valence-corrected chi connectivity index (χ1v) is 6.96. The molecule has 0 N–H and O–H groups in total. The number of benzene rings is 1. The number of hydrogen-bond donors (Lipinski definition) is 0. The summed E-state index contributed by atoms with van der Waals surface area (Å²) in [6.45, 7) is 2.69. The van der Waals surface area contributed by atoms with Crippen LogP contribution in [0.1, 0.15) is 18.4 Å². The van der Waals surface area contributed by atoms with E-state index in [1.165, 1.54) is 0 Å². The summed E-state index contributed by atoms with van der Waals surface area (Å²) < 4.78 is 20.0. The molecule has 1 aliphatic rings. The Kier molecular flexibility index (Phi) is 4.76. The molecule has 0 amide bonds. The van der Waals surface area contributed by atoms with Crippen LogP contribution in [-0.2, 0) is 11.3 Å². The van der Waals surface area contributed by atoms with Crippen molar-refractivity contribution in [2.45, 2.75) is 25.5 Å². The summed E-state index contributed by atoms with van der Waals surface area (Å²) in [7, 11) is 1.76. The number of likely N-dealkylation sites (tertiary alicyclic amines) is 1. The quantitative estimate of drug-likeness (QED) is 0.778. The van der Waals surface area contributed by atoms with Gasteiger partial charge in [-0.2, -0.15) is 0 Å². The first kappa shape index (κ1) is 13.2. The van der Waals surface area contributed by atoms with Crippen LogP contribution in [0.3, 0.4) is 0 Å². The summed E-state index contributed by atoms with van der Waals surface area (Å²) in [4.78, 5) is 2.30. The molecule has 0 unspecified atom stereocenters. The van der Waals surface area contributed by atoms with E-state index < -0.39 is 0 Å². The molecule has 0 aromatic heterocycles. The van der Waals surface area contributed by atoms with E-state index in [0.29, 0.717) is 12.6 Å². The molecule has 0 saturated carbocycles. The zero-order valence-electron chi connectivity index (χ0n) is 9.96. The lowest BCUT2D eigenvalue weighted by atomic mass is 10.1. The molecule has 1 fully saturated rings. The van der Waals surface area contributed by atoms with Crippen molar-refractivity contribution >= 4 is 22.6 Å². The molecule has 0 aliphatic carbocycles. The Morgan fingerprint density at radius 2 is 2.12 bits per heavy atom. The SMILES string of the molecule is COC1CCN(Cc2cc(I)ccc2F)CC1. The van der Waals surface area contributed by atoms with Crippen LogP contribution in [0.5, 0.6) is 0 Å². The van der Waals surface area contributed by atoms with Crippen LogP contribution in [0.2, 0.25) is 0 Å². The van der Waals surface area contributed by atoms with Gasteiger partial charge in [0, 0.05) is 35.9 Å². The van der Waals surface area contributed by atoms with Gasteiger partial charge in [-0.05, 0) is 53.6 Å². The highest BCUT2D eigenvalue weighted by Crippen LogP contribution is 2.18. The summed E-state index contributed by atoms with van der Waals surface area (Å²) in [5.74, 6) is -0.0979. The molecule has 1 heterocycles. The molecule has 4 heteroatoms. The largest absolute Gasteiger partial charge is 0.381 e. The number of ether oxygens (including phenoxy) is 1. The number of piperidine rings is 1. The van der Waals surface area contributed by atoms with Gasteiger partial charge in [-0.15, -0.1) is 0 Å². The van der Waals surface area contributed by atoms with Crippen LogP contribution >= 0.6 is 22.6 Å². The van der Waals surface area contributed by atoms with E-state index in [2.05, 4.69) is 27.5 Å². The van der Waals surface area contributed by atoms with Crippen molar-refractivity contribution in [3.8, 4) is 0 Å². The second-order valence-corrected chi connectivity index (χ2v) is 5.69. The van der Waals surface area contributed by atoms with Crippen LogP contribution in [0, 0.1) is 9.39 Å². The third-order valence-corrected chi connectivity index (χ3v) is 3.94. The maximum atomic E-state index is 13.6. The molecular weight excluding hydrogens is 332 g/mol. The molecule has 1 saturated heterocycles. The zero-order chi connectivity index (χ0) is 12.3. The Morgan fingerprint density at radius 1 is 1.41 bits per heavy atom. The summed E-state index contributed by atoms with van der Waals surface area (Å²) >= 11 is 2.22. The van der Waals surface area contributed by atoms with E-state index in [1.54, 1.807) is 19.2 Å². The highest BCUT2D eigenvalue weighted by Gasteiger charge is 2.19. The van der Waals surface area contributed by atoms with Gasteiger partial charge in [0.15, 0.2) is 0 Å². The zero-order valence-corrected chi connectivity index (χ0v) is 12.1. The van der Waals surface area contributed by atoms with Crippen molar-refractivity contribution < 1.29 is 9.13 Å². The molecule has 1 aromatic carbocycles. The fraction of sp³-hybridized carbons (Fsp3) is 0.538. The summed E-state index contributed by atoms with van der Waals surface area (Å²) in [6.07, 6.45) is 2.47. The molecule has 2 rings (SSSR count). The molecule has 2 nitrogen and oxygen atoms in total. The van der Waals surface area contributed by atoms with Crippen LogP contribution in [0.15, 0.2) is 18.2 Å². The average molecular weight is 349 g/mol. The van der Waals surface area contributed by atoms with E-state index in [4.69, 9.17) is 4.74 Å².